The monoisotopic (exact) mass is 284 g/mol. The van der Waals surface area contributed by atoms with Crippen LogP contribution in [-0.2, 0) is 0 Å². The number of aromatic nitrogens is 3. The molecule has 0 fully saturated rings. The van der Waals surface area contributed by atoms with Crippen LogP contribution in [0, 0.1) is 6.92 Å². The molecule has 0 aliphatic rings. The zero-order valence-electron chi connectivity index (χ0n) is 10.9. The number of anilines is 1. The molecule has 0 aliphatic heterocycles. The number of nitrogens with zero attached hydrogens (tertiary/aromatic N) is 2. The van der Waals surface area contributed by atoms with Crippen molar-refractivity contribution >= 4 is 17.4 Å². The quantitative estimate of drug-likeness (QED) is 0.754. The van der Waals surface area contributed by atoms with Gasteiger partial charge in [-0.1, -0.05) is 29.8 Å². The summed E-state index contributed by atoms with van der Waals surface area (Å²) in [7, 11) is 0. The number of nitrogens with two attached hydrogens (primary N) is 1. The lowest BCUT2D eigenvalue weighted by atomic mass is 9.99. The van der Waals surface area contributed by atoms with E-state index in [0.29, 0.717) is 10.8 Å². The van der Waals surface area contributed by atoms with Crippen molar-refractivity contribution < 1.29 is 0 Å². The highest BCUT2D eigenvalue weighted by molar-refractivity contribution is 6.31. The second-order valence-corrected chi connectivity index (χ2v) is 4.92. The van der Waals surface area contributed by atoms with Crippen LogP contribution in [0.5, 0.6) is 0 Å². The average molecular weight is 285 g/mol. The first-order valence-electron chi connectivity index (χ1n) is 6.18. The van der Waals surface area contributed by atoms with Crippen LogP contribution < -0.4 is 5.73 Å². The third kappa shape index (κ3) is 2.04. The van der Waals surface area contributed by atoms with Gasteiger partial charge < -0.3 is 5.73 Å². The maximum Gasteiger partial charge on any atom is 0.153 e. The van der Waals surface area contributed by atoms with Crippen molar-refractivity contribution in [3.8, 4) is 22.4 Å². The predicted octanol–water partition coefficient (Wildman–Crippen LogP) is 3.68. The van der Waals surface area contributed by atoms with Gasteiger partial charge in [-0.2, -0.15) is 5.10 Å². The summed E-state index contributed by atoms with van der Waals surface area (Å²) >= 11 is 6.19. The minimum Gasteiger partial charge on any atom is -0.382 e. The summed E-state index contributed by atoms with van der Waals surface area (Å²) in [5.74, 6) is 0.451. The van der Waals surface area contributed by atoms with Crippen molar-refractivity contribution in [3.63, 3.8) is 0 Å². The fourth-order valence-electron chi connectivity index (χ4n) is 2.23. The molecule has 0 bridgehead atoms. The number of hydrogen-bond donors (Lipinski definition) is 2. The van der Waals surface area contributed by atoms with E-state index in [9.17, 15) is 0 Å². The molecule has 0 saturated heterocycles. The first-order valence-corrected chi connectivity index (χ1v) is 6.56. The Kier molecular flexibility index (Phi) is 3.16. The first kappa shape index (κ1) is 12.7. The van der Waals surface area contributed by atoms with Crippen molar-refractivity contribution in [1.29, 1.82) is 0 Å². The van der Waals surface area contributed by atoms with Gasteiger partial charge in [0.15, 0.2) is 5.82 Å². The molecule has 5 heteroatoms. The molecule has 3 rings (SSSR count). The number of rotatable bonds is 2. The van der Waals surface area contributed by atoms with Gasteiger partial charge in [0.2, 0.25) is 0 Å². The highest BCUT2D eigenvalue weighted by Crippen LogP contribution is 2.37. The normalized spacial score (nSPS) is 10.7. The summed E-state index contributed by atoms with van der Waals surface area (Å²) in [6.07, 6.45) is 3.49. The van der Waals surface area contributed by atoms with Gasteiger partial charge in [0.1, 0.15) is 0 Å². The Bertz CT molecular complexity index is 750. The second kappa shape index (κ2) is 4.98. The number of nitrogens with one attached hydrogen (secondary N) is 1. The molecular weight excluding hydrogens is 272 g/mol. The molecular formula is C15H13ClN4. The summed E-state index contributed by atoms with van der Waals surface area (Å²) in [5, 5.41) is 7.83. The SMILES string of the molecule is Cc1c(Cl)cccc1-c1[nH]nc(N)c1-c1cccnc1. The lowest BCUT2D eigenvalue weighted by Crippen LogP contribution is -1.90. The topological polar surface area (TPSA) is 67.6 Å². The van der Waals surface area contributed by atoms with Gasteiger partial charge in [-0.15, -0.1) is 0 Å². The fraction of sp³-hybridized carbons (Fsp3) is 0.0667. The summed E-state index contributed by atoms with van der Waals surface area (Å²) < 4.78 is 0. The van der Waals surface area contributed by atoms with Crippen molar-refractivity contribution in [2.75, 3.05) is 5.73 Å². The highest BCUT2D eigenvalue weighted by atomic mass is 35.5. The fourth-order valence-corrected chi connectivity index (χ4v) is 2.41. The molecule has 0 atom stereocenters. The van der Waals surface area contributed by atoms with Gasteiger partial charge in [-0.05, 0) is 24.6 Å². The Labute approximate surface area is 121 Å². The van der Waals surface area contributed by atoms with Crippen LogP contribution in [-0.4, -0.2) is 15.2 Å². The Morgan fingerprint density at radius 3 is 2.80 bits per heavy atom. The summed E-state index contributed by atoms with van der Waals surface area (Å²) in [6.45, 7) is 1.97. The molecule has 100 valence electrons. The molecule has 4 nitrogen and oxygen atoms in total. The van der Waals surface area contributed by atoms with Crippen LogP contribution in [0.25, 0.3) is 22.4 Å². The van der Waals surface area contributed by atoms with Gasteiger partial charge in [0, 0.05) is 28.5 Å². The van der Waals surface area contributed by atoms with Crippen LogP contribution >= 0.6 is 11.6 Å². The van der Waals surface area contributed by atoms with E-state index in [4.69, 9.17) is 17.3 Å². The predicted molar refractivity (Wildman–Crippen MR) is 81.4 cm³/mol. The molecule has 0 aliphatic carbocycles. The molecule has 0 radical (unpaired) electrons. The number of aromatic amines is 1. The summed E-state index contributed by atoms with van der Waals surface area (Å²) in [4.78, 5) is 4.13. The van der Waals surface area contributed by atoms with Crippen LogP contribution in [0.15, 0.2) is 42.7 Å². The Morgan fingerprint density at radius 2 is 2.05 bits per heavy atom. The number of halogens is 1. The lowest BCUT2D eigenvalue weighted by molar-refractivity contribution is 1.10. The average Bonchev–Trinajstić information content (AvgIpc) is 2.84. The molecule has 0 amide bonds. The van der Waals surface area contributed by atoms with E-state index in [2.05, 4.69) is 15.2 Å². The molecule has 2 aromatic heterocycles. The van der Waals surface area contributed by atoms with Crippen molar-refractivity contribution in [2.45, 2.75) is 6.92 Å². The molecule has 0 spiro atoms. The Balaban J connectivity index is 2.24. The summed E-state index contributed by atoms with van der Waals surface area (Å²) in [6, 6.07) is 9.60. The lowest BCUT2D eigenvalue weighted by Gasteiger charge is -2.08. The zero-order chi connectivity index (χ0) is 14.1. The smallest absolute Gasteiger partial charge is 0.153 e. The van der Waals surface area contributed by atoms with E-state index in [1.165, 1.54) is 0 Å². The maximum absolute atomic E-state index is 6.19. The van der Waals surface area contributed by atoms with Gasteiger partial charge in [-0.25, -0.2) is 0 Å². The van der Waals surface area contributed by atoms with Gasteiger partial charge >= 0.3 is 0 Å². The third-order valence-electron chi connectivity index (χ3n) is 3.28. The van der Waals surface area contributed by atoms with Gasteiger partial charge in [-0.3, -0.25) is 10.1 Å². The molecule has 0 unspecified atom stereocenters. The standard InChI is InChI=1S/C15H13ClN4/c1-9-11(5-2-6-12(9)16)14-13(15(17)20-19-14)10-4-3-7-18-8-10/h2-8H,1H3,(H3,17,19,20). The van der Waals surface area contributed by atoms with E-state index in [1.54, 1.807) is 12.4 Å². The second-order valence-electron chi connectivity index (χ2n) is 4.51. The number of benzene rings is 1. The van der Waals surface area contributed by atoms with Crippen molar-refractivity contribution in [2.24, 2.45) is 0 Å². The third-order valence-corrected chi connectivity index (χ3v) is 3.69. The summed E-state index contributed by atoms with van der Waals surface area (Å²) in [5.41, 5.74) is 10.6. The number of hydrogen-bond acceptors (Lipinski definition) is 3. The molecule has 3 N–H and O–H groups in total. The van der Waals surface area contributed by atoms with Gasteiger partial charge in [0.25, 0.3) is 0 Å². The number of H-pyrrole nitrogens is 1. The zero-order valence-corrected chi connectivity index (χ0v) is 11.6. The van der Waals surface area contributed by atoms with E-state index in [-0.39, 0.29) is 0 Å². The Hall–Kier alpha value is -2.33. The van der Waals surface area contributed by atoms with Gasteiger partial charge in [0.05, 0.1) is 11.3 Å². The minimum absolute atomic E-state index is 0.451. The van der Waals surface area contributed by atoms with E-state index < -0.39 is 0 Å². The van der Waals surface area contributed by atoms with Crippen molar-refractivity contribution in [1.82, 2.24) is 15.2 Å². The molecule has 3 aromatic rings. The van der Waals surface area contributed by atoms with Crippen LogP contribution in [0.1, 0.15) is 5.56 Å². The van der Waals surface area contributed by atoms with Crippen molar-refractivity contribution in [3.05, 3.63) is 53.3 Å². The molecule has 1 aromatic carbocycles. The first-order chi connectivity index (χ1) is 9.68. The maximum atomic E-state index is 6.19. The largest absolute Gasteiger partial charge is 0.382 e. The highest BCUT2D eigenvalue weighted by Gasteiger charge is 2.16. The molecule has 2 heterocycles. The van der Waals surface area contributed by atoms with E-state index >= 15 is 0 Å². The Morgan fingerprint density at radius 1 is 1.20 bits per heavy atom. The van der Waals surface area contributed by atoms with E-state index in [0.717, 1.165) is 27.9 Å². The van der Waals surface area contributed by atoms with E-state index in [1.807, 2.05) is 37.3 Å². The van der Waals surface area contributed by atoms with Crippen LogP contribution in [0.4, 0.5) is 5.82 Å². The molecule has 20 heavy (non-hydrogen) atoms. The minimum atomic E-state index is 0.451. The van der Waals surface area contributed by atoms with Crippen LogP contribution in [0.2, 0.25) is 5.02 Å². The van der Waals surface area contributed by atoms with Crippen LogP contribution in [0.3, 0.4) is 0 Å². The molecule has 0 saturated carbocycles. The number of pyridine rings is 1. The number of nitrogen functional groups attached to an aromatic ring is 1.